The van der Waals surface area contributed by atoms with Crippen molar-refractivity contribution in [1.29, 1.82) is 0 Å². The van der Waals surface area contributed by atoms with Crippen molar-refractivity contribution in [3.8, 4) is 0 Å². The highest BCUT2D eigenvalue weighted by Crippen LogP contribution is 2.19. The highest BCUT2D eigenvalue weighted by Gasteiger charge is 2.14. The van der Waals surface area contributed by atoms with Crippen molar-refractivity contribution in [3.05, 3.63) is 29.7 Å². The molecule has 2 heterocycles. The van der Waals surface area contributed by atoms with Crippen molar-refractivity contribution in [3.63, 3.8) is 0 Å². The molecule has 4 nitrogen and oxygen atoms in total. The van der Waals surface area contributed by atoms with Crippen LogP contribution in [0.5, 0.6) is 0 Å². The van der Waals surface area contributed by atoms with Crippen molar-refractivity contribution in [2.24, 2.45) is 0 Å². The Morgan fingerprint density at radius 2 is 2.21 bits per heavy atom. The first-order chi connectivity index (χ1) is 9.33. The minimum atomic E-state index is 0.396. The maximum Gasteiger partial charge on any atom is 0.197 e. The zero-order valence-electron chi connectivity index (χ0n) is 11.3. The number of nitrogens with one attached hydrogen (secondary N) is 1. The first-order valence-electron chi connectivity index (χ1n) is 7.00. The Kier molecular flexibility index (Phi) is 3.80. The third kappa shape index (κ3) is 2.96. The van der Waals surface area contributed by atoms with E-state index in [0.29, 0.717) is 12.7 Å². The lowest BCUT2D eigenvalue weighted by molar-refractivity contribution is 0.0328. The molecule has 2 aromatic rings. The zero-order valence-corrected chi connectivity index (χ0v) is 11.3. The number of oxazole rings is 1. The standard InChI is InChI=1S/C15H20N2O2/c1-11-3-2-4-13-15(11)19-14(17-13)7-10-18-12-5-8-16-9-6-12/h2-4,12,16H,5-10H2,1H3. The summed E-state index contributed by atoms with van der Waals surface area (Å²) in [5.41, 5.74) is 2.98. The van der Waals surface area contributed by atoms with Crippen LogP contribution >= 0.6 is 0 Å². The topological polar surface area (TPSA) is 47.3 Å². The molecule has 1 fully saturated rings. The lowest BCUT2D eigenvalue weighted by Crippen LogP contribution is -2.32. The quantitative estimate of drug-likeness (QED) is 0.917. The molecule has 0 unspecified atom stereocenters. The number of aryl methyl sites for hydroxylation is 1. The van der Waals surface area contributed by atoms with E-state index < -0.39 is 0 Å². The summed E-state index contributed by atoms with van der Waals surface area (Å²) in [6, 6.07) is 6.04. The third-order valence-corrected chi connectivity index (χ3v) is 3.61. The first kappa shape index (κ1) is 12.6. The van der Waals surface area contributed by atoms with Gasteiger partial charge in [0.2, 0.25) is 0 Å². The normalized spacial score (nSPS) is 17.1. The maximum absolute atomic E-state index is 5.87. The van der Waals surface area contributed by atoms with E-state index in [4.69, 9.17) is 9.15 Å². The van der Waals surface area contributed by atoms with Crippen molar-refractivity contribution in [2.45, 2.75) is 32.3 Å². The van der Waals surface area contributed by atoms with E-state index in [-0.39, 0.29) is 0 Å². The highest BCUT2D eigenvalue weighted by molar-refractivity contribution is 5.75. The van der Waals surface area contributed by atoms with Crippen molar-refractivity contribution in [2.75, 3.05) is 19.7 Å². The second-order valence-corrected chi connectivity index (χ2v) is 5.10. The minimum absolute atomic E-state index is 0.396. The number of hydrogen-bond donors (Lipinski definition) is 1. The van der Waals surface area contributed by atoms with Crippen molar-refractivity contribution >= 4 is 11.1 Å². The van der Waals surface area contributed by atoms with Gasteiger partial charge in [0.05, 0.1) is 12.7 Å². The van der Waals surface area contributed by atoms with Crippen LogP contribution < -0.4 is 5.32 Å². The summed E-state index contributed by atoms with van der Waals surface area (Å²) >= 11 is 0. The Labute approximate surface area is 113 Å². The molecule has 1 aliphatic heterocycles. The number of para-hydroxylation sites is 1. The molecule has 0 radical (unpaired) electrons. The molecule has 19 heavy (non-hydrogen) atoms. The minimum Gasteiger partial charge on any atom is -0.440 e. The van der Waals surface area contributed by atoms with Gasteiger partial charge in [-0.05, 0) is 44.5 Å². The molecule has 0 aliphatic carbocycles. The Morgan fingerprint density at radius 1 is 1.37 bits per heavy atom. The van der Waals surface area contributed by atoms with Crippen LogP contribution in [0.1, 0.15) is 24.3 Å². The van der Waals surface area contributed by atoms with Crippen LogP contribution in [0.2, 0.25) is 0 Å². The molecule has 1 aliphatic rings. The predicted molar refractivity (Wildman–Crippen MR) is 74.3 cm³/mol. The molecule has 1 aromatic carbocycles. The van der Waals surface area contributed by atoms with E-state index in [0.717, 1.165) is 54.9 Å². The number of piperidine rings is 1. The fourth-order valence-corrected chi connectivity index (χ4v) is 2.51. The molecule has 0 saturated carbocycles. The maximum atomic E-state index is 5.87. The monoisotopic (exact) mass is 260 g/mol. The largest absolute Gasteiger partial charge is 0.440 e. The smallest absolute Gasteiger partial charge is 0.197 e. The SMILES string of the molecule is Cc1cccc2nc(CCOC3CCNCC3)oc12. The van der Waals surface area contributed by atoms with Gasteiger partial charge in [0, 0.05) is 6.42 Å². The Balaban J connectivity index is 1.57. The first-order valence-corrected chi connectivity index (χ1v) is 7.00. The van der Waals surface area contributed by atoms with Crippen LogP contribution in [0.4, 0.5) is 0 Å². The van der Waals surface area contributed by atoms with E-state index in [1.54, 1.807) is 0 Å². The Hall–Kier alpha value is -1.39. The van der Waals surface area contributed by atoms with Crippen molar-refractivity contribution in [1.82, 2.24) is 10.3 Å². The van der Waals surface area contributed by atoms with E-state index in [9.17, 15) is 0 Å². The molecular formula is C15H20N2O2. The summed E-state index contributed by atoms with van der Waals surface area (Å²) in [5, 5.41) is 3.34. The van der Waals surface area contributed by atoms with Crippen molar-refractivity contribution < 1.29 is 9.15 Å². The molecule has 0 spiro atoms. The zero-order chi connectivity index (χ0) is 13.1. The average Bonchev–Trinajstić information content (AvgIpc) is 2.84. The number of hydrogen-bond acceptors (Lipinski definition) is 4. The van der Waals surface area contributed by atoms with Crippen LogP contribution in [0.3, 0.4) is 0 Å². The molecule has 1 aromatic heterocycles. The highest BCUT2D eigenvalue weighted by atomic mass is 16.5. The number of rotatable bonds is 4. The number of ether oxygens (including phenoxy) is 1. The summed E-state index contributed by atoms with van der Waals surface area (Å²) in [7, 11) is 0. The number of aromatic nitrogens is 1. The third-order valence-electron chi connectivity index (χ3n) is 3.61. The van der Waals surface area contributed by atoms with E-state index in [2.05, 4.69) is 10.3 Å². The van der Waals surface area contributed by atoms with Gasteiger partial charge in [-0.25, -0.2) is 4.98 Å². The molecule has 4 heteroatoms. The average molecular weight is 260 g/mol. The van der Waals surface area contributed by atoms with Gasteiger partial charge in [-0.2, -0.15) is 0 Å². The molecule has 0 bridgehead atoms. The molecule has 0 atom stereocenters. The van der Waals surface area contributed by atoms with Gasteiger partial charge < -0.3 is 14.5 Å². The second-order valence-electron chi connectivity index (χ2n) is 5.10. The number of fused-ring (bicyclic) bond motifs is 1. The van der Waals surface area contributed by atoms with Gasteiger partial charge in [0.1, 0.15) is 5.52 Å². The summed E-state index contributed by atoms with van der Waals surface area (Å²) < 4.78 is 11.7. The van der Waals surface area contributed by atoms with Crippen LogP contribution in [0, 0.1) is 6.92 Å². The summed E-state index contributed by atoms with van der Waals surface area (Å²) in [6.07, 6.45) is 3.35. The Morgan fingerprint density at radius 3 is 3.00 bits per heavy atom. The number of benzene rings is 1. The lowest BCUT2D eigenvalue weighted by atomic mass is 10.1. The van der Waals surface area contributed by atoms with E-state index in [1.807, 2.05) is 25.1 Å². The molecule has 1 saturated heterocycles. The van der Waals surface area contributed by atoms with Crippen LogP contribution in [0.25, 0.3) is 11.1 Å². The van der Waals surface area contributed by atoms with E-state index >= 15 is 0 Å². The summed E-state index contributed by atoms with van der Waals surface area (Å²) in [6.45, 7) is 4.86. The van der Waals surface area contributed by atoms with E-state index in [1.165, 1.54) is 0 Å². The second kappa shape index (κ2) is 5.72. The van der Waals surface area contributed by atoms with Gasteiger partial charge in [0.15, 0.2) is 11.5 Å². The van der Waals surface area contributed by atoms with Crippen LogP contribution in [-0.4, -0.2) is 30.8 Å². The van der Waals surface area contributed by atoms with Gasteiger partial charge >= 0.3 is 0 Å². The van der Waals surface area contributed by atoms with Gasteiger partial charge in [-0.15, -0.1) is 0 Å². The number of nitrogens with zero attached hydrogens (tertiary/aromatic N) is 1. The Bertz CT molecular complexity index is 544. The van der Waals surface area contributed by atoms with Gasteiger partial charge in [-0.3, -0.25) is 0 Å². The van der Waals surface area contributed by atoms with Gasteiger partial charge in [-0.1, -0.05) is 12.1 Å². The van der Waals surface area contributed by atoms with Crippen LogP contribution in [-0.2, 0) is 11.2 Å². The van der Waals surface area contributed by atoms with Crippen LogP contribution in [0.15, 0.2) is 22.6 Å². The summed E-state index contributed by atoms with van der Waals surface area (Å²) in [5.74, 6) is 0.776. The fourth-order valence-electron chi connectivity index (χ4n) is 2.51. The molecule has 3 rings (SSSR count). The molecule has 102 valence electrons. The predicted octanol–water partition coefficient (Wildman–Crippen LogP) is 2.45. The molecular weight excluding hydrogens is 240 g/mol. The fraction of sp³-hybridized carbons (Fsp3) is 0.533. The molecule has 1 N–H and O–H groups in total. The van der Waals surface area contributed by atoms with Gasteiger partial charge in [0.25, 0.3) is 0 Å². The lowest BCUT2D eigenvalue weighted by Gasteiger charge is -2.22. The summed E-state index contributed by atoms with van der Waals surface area (Å²) in [4.78, 5) is 4.50. The molecule has 0 amide bonds.